The Morgan fingerprint density at radius 2 is 1.26 bits per heavy atom. The molecule has 3 aromatic rings. The minimum atomic E-state index is -4.58. The molecule has 3 aromatic carbocycles. The van der Waals surface area contributed by atoms with Gasteiger partial charge >= 0.3 is 7.37 Å². The smallest absolute Gasteiger partial charge is 0.307 e. The van der Waals surface area contributed by atoms with E-state index in [-0.39, 0.29) is 16.4 Å². The zero-order valence-electron chi connectivity index (χ0n) is 16.5. The number of aryl methyl sites for hydroxylation is 2. The molecule has 0 radical (unpaired) electrons. The van der Waals surface area contributed by atoms with Crippen LogP contribution in [0.25, 0.3) is 0 Å². The van der Waals surface area contributed by atoms with Crippen LogP contribution in [0, 0.1) is 13.8 Å². The Balaban J connectivity index is 2.29. The monoisotopic (exact) mass is 482 g/mol. The predicted octanol–water partition coefficient (Wildman–Crippen LogP) is 3.10. The molecule has 0 amide bonds. The lowest BCUT2D eigenvalue weighted by Crippen LogP contribution is -2.23. The van der Waals surface area contributed by atoms with Gasteiger partial charge in [-0.3, -0.25) is 13.7 Å². The van der Waals surface area contributed by atoms with Crippen LogP contribution >= 0.6 is 7.37 Å². The van der Waals surface area contributed by atoms with Crippen molar-refractivity contribution < 1.29 is 35.0 Å². The van der Waals surface area contributed by atoms with Crippen molar-refractivity contribution >= 4 is 38.2 Å². The van der Waals surface area contributed by atoms with Crippen LogP contribution in [0.15, 0.2) is 76.5 Å². The van der Waals surface area contributed by atoms with Crippen LogP contribution in [0.1, 0.15) is 11.1 Å². The number of hydrogen-bond donors (Lipinski definition) is 2. The lowest BCUT2D eigenvalue weighted by atomic mass is 10.2. The third kappa shape index (κ3) is 4.89. The fourth-order valence-electron chi connectivity index (χ4n) is 2.91. The third-order valence-corrected chi connectivity index (χ3v) is 8.82. The molecule has 0 aromatic heterocycles. The van der Waals surface area contributed by atoms with Crippen LogP contribution in [0.3, 0.4) is 0 Å². The average Bonchev–Trinajstić information content (AvgIpc) is 2.68. The molecule has 11 heteroatoms. The van der Waals surface area contributed by atoms with Crippen molar-refractivity contribution in [3.8, 4) is 5.75 Å². The highest BCUT2D eigenvalue weighted by Crippen LogP contribution is 2.47. The summed E-state index contributed by atoms with van der Waals surface area (Å²) in [5.74, 6) is -0.0704. The van der Waals surface area contributed by atoms with E-state index in [0.29, 0.717) is 11.1 Å². The van der Waals surface area contributed by atoms with Gasteiger partial charge in [-0.25, -0.2) is 0 Å². The number of benzene rings is 3. The largest absolute Gasteiger partial charge is 0.437 e. The van der Waals surface area contributed by atoms with Gasteiger partial charge in [0.1, 0.15) is 5.75 Å². The van der Waals surface area contributed by atoms with E-state index in [0.717, 1.165) is 12.1 Å². The van der Waals surface area contributed by atoms with E-state index in [1.165, 1.54) is 36.4 Å². The molecule has 8 nitrogen and oxygen atoms in total. The molecule has 3 rings (SSSR count). The molecule has 0 aliphatic heterocycles. The molecular weight excluding hydrogens is 463 g/mol. The molecule has 2 N–H and O–H groups in total. The van der Waals surface area contributed by atoms with Gasteiger partial charge in [0.25, 0.3) is 20.2 Å². The summed E-state index contributed by atoms with van der Waals surface area (Å²) in [6, 6.07) is 15.2. The summed E-state index contributed by atoms with van der Waals surface area (Å²) < 4.78 is 85.4. The molecule has 0 bridgehead atoms. The molecule has 0 aliphatic rings. The van der Waals surface area contributed by atoms with E-state index >= 15 is 0 Å². The first-order valence-corrected chi connectivity index (χ1v) is 13.3. The Morgan fingerprint density at radius 3 is 1.81 bits per heavy atom. The van der Waals surface area contributed by atoms with Crippen LogP contribution in [0.4, 0.5) is 0 Å². The summed E-state index contributed by atoms with van der Waals surface area (Å²) in [6.45, 7) is 3.20. The highest BCUT2D eigenvalue weighted by molar-refractivity contribution is 7.86. The van der Waals surface area contributed by atoms with E-state index in [9.17, 15) is 30.5 Å². The molecule has 0 fully saturated rings. The van der Waals surface area contributed by atoms with Crippen molar-refractivity contribution in [3.63, 3.8) is 0 Å². The summed E-state index contributed by atoms with van der Waals surface area (Å²) in [7, 11) is -13.2. The molecule has 0 saturated carbocycles. The first-order chi connectivity index (χ1) is 14.3. The van der Waals surface area contributed by atoms with Crippen LogP contribution in [-0.2, 0) is 24.8 Å². The van der Waals surface area contributed by atoms with Gasteiger partial charge in [0, 0.05) is 6.07 Å². The molecule has 0 saturated heterocycles. The summed E-state index contributed by atoms with van der Waals surface area (Å²) in [4.78, 5) is -0.910. The van der Waals surface area contributed by atoms with Gasteiger partial charge in [-0.05, 0) is 55.3 Å². The Bertz CT molecular complexity index is 1400. The number of hydrogen-bond acceptors (Lipinski definition) is 6. The highest BCUT2D eigenvalue weighted by Gasteiger charge is 2.34. The zero-order valence-corrected chi connectivity index (χ0v) is 19.0. The Labute approximate surface area is 180 Å². The second kappa shape index (κ2) is 8.22. The van der Waals surface area contributed by atoms with Gasteiger partial charge < -0.3 is 4.52 Å². The quantitative estimate of drug-likeness (QED) is 0.404. The van der Waals surface area contributed by atoms with Gasteiger partial charge in [-0.1, -0.05) is 30.3 Å². The molecular formula is C20H19O8PS2. The SMILES string of the molecule is Cc1ccc(S(=O)(=O)O)cc1OP(=O)(c1ccccc1)c1cc(S(=O)(=O)O)ccc1C. The molecule has 164 valence electrons. The fourth-order valence-corrected chi connectivity index (χ4v) is 6.37. The summed E-state index contributed by atoms with van der Waals surface area (Å²) in [5.41, 5.74) is 0.871. The molecule has 0 heterocycles. The van der Waals surface area contributed by atoms with Crippen LogP contribution < -0.4 is 15.1 Å². The van der Waals surface area contributed by atoms with Gasteiger partial charge in [0.2, 0.25) is 0 Å². The van der Waals surface area contributed by atoms with Gasteiger partial charge in [-0.15, -0.1) is 0 Å². The van der Waals surface area contributed by atoms with Crippen LogP contribution in [0.2, 0.25) is 0 Å². The Kier molecular flexibility index (Phi) is 6.14. The maximum Gasteiger partial charge on any atom is 0.307 e. The Morgan fingerprint density at radius 1 is 0.742 bits per heavy atom. The summed E-state index contributed by atoms with van der Waals surface area (Å²) >= 11 is 0. The average molecular weight is 482 g/mol. The minimum Gasteiger partial charge on any atom is -0.437 e. The normalized spacial score (nSPS) is 14.1. The highest BCUT2D eigenvalue weighted by atomic mass is 32.2. The van der Waals surface area contributed by atoms with Crippen molar-refractivity contribution in [2.45, 2.75) is 23.6 Å². The molecule has 1 atom stereocenters. The lowest BCUT2D eigenvalue weighted by molar-refractivity contribution is 0.478. The molecule has 0 spiro atoms. The predicted molar refractivity (Wildman–Crippen MR) is 116 cm³/mol. The minimum absolute atomic E-state index is 0.0190. The molecule has 1 unspecified atom stereocenters. The maximum absolute atomic E-state index is 14.3. The Hall–Kier alpha value is -2.49. The van der Waals surface area contributed by atoms with E-state index < -0.39 is 37.4 Å². The van der Waals surface area contributed by atoms with Crippen LogP contribution in [0.5, 0.6) is 5.75 Å². The summed E-state index contributed by atoms with van der Waals surface area (Å²) in [5, 5.41) is 0.243. The summed E-state index contributed by atoms with van der Waals surface area (Å²) in [6.07, 6.45) is 0. The van der Waals surface area contributed by atoms with E-state index in [2.05, 4.69) is 0 Å². The van der Waals surface area contributed by atoms with Crippen molar-refractivity contribution in [2.24, 2.45) is 0 Å². The molecule has 31 heavy (non-hydrogen) atoms. The van der Waals surface area contributed by atoms with E-state index in [1.807, 2.05) is 0 Å². The van der Waals surface area contributed by atoms with Gasteiger partial charge in [0.15, 0.2) is 0 Å². The van der Waals surface area contributed by atoms with Gasteiger partial charge in [0.05, 0.1) is 20.4 Å². The van der Waals surface area contributed by atoms with Crippen molar-refractivity contribution in [2.75, 3.05) is 0 Å². The number of rotatable bonds is 6. The van der Waals surface area contributed by atoms with E-state index in [1.54, 1.807) is 32.0 Å². The zero-order chi connectivity index (χ0) is 23.0. The van der Waals surface area contributed by atoms with Crippen molar-refractivity contribution in [1.29, 1.82) is 0 Å². The fraction of sp³-hybridized carbons (Fsp3) is 0.100. The second-order valence-electron chi connectivity index (χ2n) is 6.80. The topological polar surface area (TPSA) is 135 Å². The maximum atomic E-state index is 14.3. The van der Waals surface area contributed by atoms with Crippen molar-refractivity contribution in [3.05, 3.63) is 77.9 Å². The first-order valence-electron chi connectivity index (χ1n) is 8.84. The lowest BCUT2D eigenvalue weighted by Gasteiger charge is -2.23. The van der Waals surface area contributed by atoms with Crippen LogP contribution in [-0.4, -0.2) is 25.9 Å². The first kappa shape index (κ1) is 23.2. The second-order valence-corrected chi connectivity index (χ2v) is 11.9. The third-order valence-electron chi connectivity index (χ3n) is 4.58. The van der Waals surface area contributed by atoms with E-state index in [4.69, 9.17) is 4.52 Å². The van der Waals surface area contributed by atoms with Gasteiger partial charge in [-0.2, -0.15) is 16.8 Å². The van der Waals surface area contributed by atoms with Crippen molar-refractivity contribution in [1.82, 2.24) is 0 Å². The standard InChI is InChI=1S/C20H19O8PS2/c1-14-8-10-17(30(22,23)24)12-19(14)28-29(21,16-6-4-3-5-7-16)20-13-18(31(25,26)27)11-9-15(20)2/h3-13H,1-2H3,(H,22,23,24)(H,25,26,27). The molecule has 0 aliphatic carbocycles.